The molecule has 0 radical (unpaired) electrons. The number of aromatic nitrogens is 3. The zero-order valence-corrected chi connectivity index (χ0v) is 36.6. The van der Waals surface area contributed by atoms with Gasteiger partial charge >= 0.3 is 0 Å². The molecule has 320 valence electrons. The summed E-state index contributed by atoms with van der Waals surface area (Å²) in [6, 6.07) is 26.4. The fraction of sp³-hybridized carbons (Fsp3) is 0.380. The number of thiophene rings is 1. The maximum Gasteiger partial charge on any atom is 0.162 e. The molecule has 2 fully saturated rings. The number of β-amino-alcohol motifs (C(OH)–C–C–N with tert-alkyl or cyclic N) is 1. The molecular weight excluding hydrogens is 801 g/mol. The Morgan fingerprint density at radius 2 is 1.53 bits per heavy atom. The smallest absolute Gasteiger partial charge is 0.162 e. The summed E-state index contributed by atoms with van der Waals surface area (Å²) in [6.07, 6.45) is 2.95. The number of fused-ring (bicyclic) bond motifs is 4. The number of anilines is 2. The first kappa shape index (κ1) is 40.6. The second-order valence-corrected chi connectivity index (χ2v) is 19.1. The number of rotatable bonds is 7. The minimum atomic E-state index is -0.785. The summed E-state index contributed by atoms with van der Waals surface area (Å²) in [5, 5.41) is 32.1. The van der Waals surface area contributed by atoms with Gasteiger partial charge in [0.05, 0.1) is 17.0 Å². The van der Waals surface area contributed by atoms with Crippen LogP contribution >= 0.6 is 11.3 Å². The molecule has 0 spiro atoms. The van der Waals surface area contributed by atoms with Crippen molar-refractivity contribution < 1.29 is 19.0 Å². The first-order chi connectivity index (χ1) is 29.9. The molecule has 0 unspecified atom stereocenters. The number of hydrogen-bond acceptors (Lipinski definition) is 9. The standard InChI is InChI=1S/C50H53F2N7O2S/c1-30-32(3)62-49-45(30)47(53-31(2)48-55-54-33(4)59(48)49)35-7-13-39(14-8-35)57-21-19-50(61,20-22-57)29-56-23-25-58(26-24-56)44-18-10-37(28-43(44)52)46-41(34-5-11-38(51)12-6-34)16-9-36-27-40(60)15-17-42(36)46/h5-8,10-15,17-18,27-28,31,41,46,60-61H,9,16,19-26,29H2,1-4H3/t31-,41-,46+/m0/s1. The summed E-state index contributed by atoms with van der Waals surface area (Å²) in [5.74, 6) is 1.36. The third-order valence-corrected chi connectivity index (χ3v) is 15.2. The van der Waals surface area contributed by atoms with Crippen LogP contribution in [0.25, 0.3) is 5.00 Å². The number of aliphatic hydroxyl groups is 1. The normalized spacial score (nSPS) is 21.2. The topological polar surface area (TPSA) is 93.2 Å². The molecule has 12 heteroatoms. The summed E-state index contributed by atoms with van der Waals surface area (Å²) >= 11 is 1.77. The molecule has 0 saturated carbocycles. The van der Waals surface area contributed by atoms with E-state index in [1.165, 1.54) is 22.6 Å². The van der Waals surface area contributed by atoms with Crippen molar-refractivity contribution in [1.82, 2.24) is 19.7 Å². The van der Waals surface area contributed by atoms with E-state index in [1.807, 2.05) is 43.3 Å². The fourth-order valence-electron chi connectivity index (χ4n) is 10.5. The van der Waals surface area contributed by atoms with E-state index in [0.29, 0.717) is 38.2 Å². The van der Waals surface area contributed by atoms with Crippen LogP contribution in [0, 0.1) is 32.4 Å². The van der Waals surface area contributed by atoms with Crippen molar-refractivity contribution in [2.45, 2.75) is 76.9 Å². The Bertz CT molecular complexity index is 2660. The van der Waals surface area contributed by atoms with Crippen molar-refractivity contribution >= 4 is 28.4 Å². The maximum atomic E-state index is 16.2. The Kier molecular flexibility index (Phi) is 10.5. The number of benzene rings is 4. The lowest BCUT2D eigenvalue weighted by Gasteiger charge is -2.44. The lowest BCUT2D eigenvalue weighted by Crippen LogP contribution is -2.55. The van der Waals surface area contributed by atoms with Crippen LogP contribution in [0.3, 0.4) is 0 Å². The molecule has 3 aliphatic heterocycles. The van der Waals surface area contributed by atoms with Crippen molar-refractivity contribution in [1.29, 1.82) is 0 Å². The first-order valence-corrected chi connectivity index (χ1v) is 22.8. The summed E-state index contributed by atoms with van der Waals surface area (Å²) < 4.78 is 32.3. The zero-order chi connectivity index (χ0) is 42.9. The number of phenolic OH excluding ortho intramolecular Hbond substituents is 1. The van der Waals surface area contributed by atoms with E-state index in [2.05, 4.69) is 74.5 Å². The van der Waals surface area contributed by atoms with Crippen LogP contribution in [0.5, 0.6) is 5.75 Å². The number of piperidine rings is 1. The number of nitrogens with zero attached hydrogens (tertiary/aromatic N) is 7. The predicted octanol–water partition coefficient (Wildman–Crippen LogP) is 9.17. The van der Waals surface area contributed by atoms with Crippen molar-refractivity contribution in [3.8, 4) is 10.8 Å². The van der Waals surface area contributed by atoms with Crippen LogP contribution in [0.4, 0.5) is 20.2 Å². The van der Waals surface area contributed by atoms with E-state index >= 15 is 4.39 Å². The van der Waals surface area contributed by atoms with Gasteiger partial charge < -0.3 is 20.0 Å². The van der Waals surface area contributed by atoms with Crippen LogP contribution in [0.1, 0.15) is 99.5 Å². The van der Waals surface area contributed by atoms with E-state index in [1.54, 1.807) is 23.5 Å². The number of piperazine rings is 1. The number of aromatic hydroxyl groups is 1. The Hall–Kier alpha value is -5.43. The van der Waals surface area contributed by atoms with Gasteiger partial charge in [-0.25, -0.2) is 8.78 Å². The maximum absolute atomic E-state index is 16.2. The zero-order valence-electron chi connectivity index (χ0n) is 35.8. The van der Waals surface area contributed by atoms with Gasteiger partial charge in [-0.15, -0.1) is 21.5 Å². The monoisotopic (exact) mass is 853 g/mol. The van der Waals surface area contributed by atoms with Gasteiger partial charge in [0.2, 0.25) is 0 Å². The molecule has 9 nitrogen and oxygen atoms in total. The Labute approximate surface area is 366 Å². The molecule has 2 N–H and O–H groups in total. The Morgan fingerprint density at radius 1 is 0.806 bits per heavy atom. The highest BCUT2D eigenvalue weighted by Gasteiger charge is 2.37. The second kappa shape index (κ2) is 16.0. The van der Waals surface area contributed by atoms with Gasteiger partial charge in [-0.05, 0) is 136 Å². The number of halogens is 2. The molecule has 6 aromatic rings. The van der Waals surface area contributed by atoms with Gasteiger partial charge in [0.25, 0.3) is 0 Å². The summed E-state index contributed by atoms with van der Waals surface area (Å²) in [7, 11) is 0. The number of phenols is 1. The van der Waals surface area contributed by atoms with Crippen molar-refractivity contribution in [3.63, 3.8) is 0 Å². The van der Waals surface area contributed by atoms with Gasteiger partial charge in [0.15, 0.2) is 5.82 Å². The van der Waals surface area contributed by atoms with Gasteiger partial charge in [-0.1, -0.05) is 36.4 Å². The number of aliphatic imine (C=N–C) groups is 1. The third-order valence-electron chi connectivity index (χ3n) is 14.0. The van der Waals surface area contributed by atoms with E-state index in [0.717, 1.165) is 100 Å². The number of hydrogen-bond donors (Lipinski definition) is 2. The van der Waals surface area contributed by atoms with Crippen LogP contribution < -0.4 is 9.80 Å². The molecule has 62 heavy (non-hydrogen) atoms. The van der Waals surface area contributed by atoms with E-state index < -0.39 is 5.60 Å². The quantitative estimate of drug-likeness (QED) is 0.166. The molecule has 2 saturated heterocycles. The highest BCUT2D eigenvalue weighted by Crippen LogP contribution is 2.48. The highest BCUT2D eigenvalue weighted by molar-refractivity contribution is 7.15. The summed E-state index contributed by atoms with van der Waals surface area (Å²) in [5.41, 5.74) is 9.46. The summed E-state index contributed by atoms with van der Waals surface area (Å²) in [4.78, 5) is 13.3. The van der Waals surface area contributed by atoms with Crippen molar-refractivity contribution in [3.05, 3.63) is 152 Å². The SMILES string of the molecule is Cc1sc2c(c1C)C(c1ccc(N3CCC(O)(CN4CCN(c5ccc([C@H]6c7ccc(O)cc7CC[C@H]6c6ccc(F)cc6)cc5F)CC4)CC3)cc1)=N[C@@H](C)c1nnc(C)n1-2. The molecular formula is C50H53F2N7O2S. The average Bonchev–Trinajstić information content (AvgIpc) is 3.76. The van der Waals surface area contributed by atoms with Crippen LogP contribution in [0.15, 0.2) is 89.9 Å². The van der Waals surface area contributed by atoms with Gasteiger partial charge in [-0.3, -0.25) is 14.5 Å². The van der Waals surface area contributed by atoms with Crippen LogP contribution in [-0.2, 0) is 6.42 Å². The molecule has 2 aromatic heterocycles. The lowest BCUT2D eigenvalue weighted by atomic mass is 9.69. The Balaban J connectivity index is 0.773. The average molecular weight is 854 g/mol. The van der Waals surface area contributed by atoms with Crippen LogP contribution in [-0.4, -0.2) is 87.0 Å². The molecule has 10 rings (SSSR count). The second-order valence-electron chi connectivity index (χ2n) is 17.8. The minimum Gasteiger partial charge on any atom is -0.508 e. The fourth-order valence-corrected chi connectivity index (χ4v) is 11.7. The molecule has 3 atom stereocenters. The number of aryl methyl sites for hydroxylation is 3. The molecule has 0 amide bonds. The first-order valence-electron chi connectivity index (χ1n) is 22.0. The molecule has 1 aliphatic carbocycles. The summed E-state index contributed by atoms with van der Waals surface area (Å²) in [6.45, 7) is 13.4. The van der Waals surface area contributed by atoms with E-state index in [4.69, 9.17) is 4.99 Å². The highest BCUT2D eigenvalue weighted by atomic mass is 32.1. The molecule has 0 bridgehead atoms. The van der Waals surface area contributed by atoms with E-state index in [-0.39, 0.29) is 35.3 Å². The van der Waals surface area contributed by atoms with Crippen molar-refractivity contribution in [2.75, 3.05) is 55.6 Å². The lowest BCUT2D eigenvalue weighted by molar-refractivity contribution is -0.0173. The minimum absolute atomic E-state index is 0.0509. The molecule has 4 aromatic carbocycles. The van der Waals surface area contributed by atoms with Gasteiger partial charge in [0.1, 0.15) is 34.3 Å². The molecule has 5 heterocycles. The van der Waals surface area contributed by atoms with Gasteiger partial charge in [-0.2, -0.15) is 0 Å². The molecule has 4 aliphatic rings. The van der Waals surface area contributed by atoms with E-state index in [9.17, 15) is 14.6 Å². The van der Waals surface area contributed by atoms with Gasteiger partial charge in [0, 0.05) is 73.4 Å². The Morgan fingerprint density at radius 3 is 2.26 bits per heavy atom. The predicted molar refractivity (Wildman–Crippen MR) is 243 cm³/mol. The van der Waals surface area contributed by atoms with Crippen molar-refractivity contribution in [2.24, 2.45) is 4.99 Å². The van der Waals surface area contributed by atoms with Crippen LogP contribution in [0.2, 0.25) is 0 Å². The largest absolute Gasteiger partial charge is 0.508 e. The third kappa shape index (κ3) is 7.39.